The second kappa shape index (κ2) is 8.83. The lowest BCUT2D eigenvalue weighted by Crippen LogP contribution is -2.39. The molecule has 1 aliphatic rings. The lowest BCUT2D eigenvalue weighted by molar-refractivity contribution is 0.0546. The maximum atomic E-state index is 12.8. The largest absolute Gasteiger partial charge is 0.497 e. The van der Waals surface area contributed by atoms with Gasteiger partial charge in [-0.1, -0.05) is 12.1 Å². The number of amides is 1. The summed E-state index contributed by atoms with van der Waals surface area (Å²) in [5, 5.41) is 3.71. The molecule has 8 heteroatoms. The normalized spacial score (nSPS) is 16.5. The molecule has 0 N–H and O–H groups in total. The quantitative estimate of drug-likeness (QED) is 0.595. The van der Waals surface area contributed by atoms with Crippen molar-refractivity contribution in [1.82, 2.24) is 19.7 Å². The van der Waals surface area contributed by atoms with Gasteiger partial charge in [-0.2, -0.15) is 13.9 Å². The van der Waals surface area contributed by atoms with Crippen LogP contribution in [0.1, 0.15) is 47.2 Å². The van der Waals surface area contributed by atoms with Crippen LogP contribution in [0.5, 0.6) is 5.75 Å². The molecule has 0 saturated carbocycles. The van der Waals surface area contributed by atoms with Crippen LogP contribution < -0.4 is 4.74 Å². The number of pyridine rings is 1. The Morgan fingerprint density at radius 2 is 2.03 bits per heavy atom. The molecule has 6 nitrogen and oxygen atoms in total. The number of hydrogen-bond acceptors (Lipinski definition) is 4. The molecule has 2 aromatic heterocycles. The Balaban J connectivity index is 1.56. The maximum Gasteiger partial charge on any atom is 0.333 e. The summed E-state index contributed by atoms with van der Waals surface area (Å²) in [6.45, 7) is 0.248. The number of aryl methyl sites for hydroxylation is 1. The molecular formula is C23H24F2N4O2. The van der Waals surface area contributed by atoms with Crippen LogP contribution in [0.25, 0.3) is 11.1 Å². The van der Waals surface area contributed by atoms with Crippen molar-refractivity contribution in [2.75, 3.05) is 20.2 Å². The van der Waals surface area contributed by atoms with Crippen molar-refractivity contribution in [3.8, 4) is 16.9 Å². The summed E-state index contributed by atoms with van der Waals surface area (Å²) in [7, 11) is 1.64. The van der Waals surface area contributed by atoms with E-state index in [2.05, 4.69) is 11.2 Å². The number of methoxy groups -OCH3 is 1. The third kappa shape index (κ3) is 4.57. The van der Waals surface area contributed by atoms with E-state index in [1.165, 1.54) is 6.07 Å². The molecule has 1 amide bonds. The molecule has 1 saturated heterocycles. The van der Waals surface area contributed by atoms with Gasteiger partial charge in [-0.05, 0) is 61.2 Å². The van der Waals surface area contributed by atoms with Crippen LogP contribution in [-0.4, -0.2) is 45.8 Å². The molecule has 4 rings (SSSR count). The van der Waals surface area contributed by atoms with Gasteiger partial charge in [0.05, 0.1) is 7.11 Å². The van der Waals surface area contributed by atoms with Gasteiger partial charge < -0.3 is 9.64 Å². The summed E-state index contributed by atoms with van der Waals surface area (Å²) in [5.74, 6) is 0.523. The van der Waals surface area contributed by atoms with Crippen LogP contribution in [0, 0.1) is 6.92 Å². The van der Waals surface area contributed by atoms with Crippen molar-refractivity contribution in [2.24, 2.45) is 0 Å². The van der Waals surface area contributed by atoms with E-state index in [0.29, 0.717) is 17.8 Å². The SMILES string of the molecule is COc1cccc(-c2cc(C)nc(C3CCCN(C(=O)c4ccn(C(F)F)n4)C3)c2)c1. The Labute approximate surface area is 179 Å². The van der Waals surface area contributed by atoms with Gasteiger partial charge in [0.1, 0.15) is 5.75 Å². The first-order chi connectivity index (χ1) is 14.9. The molecule has 1 unspecified atom stereocenters. The number of hydrogen-bond donors (Lipinski definition) is 0. The van der Waals surface area contributed by atoms with E-state index in [0.717, 1.165) is 47.3 Å². The molecule has 0 radical (unpaired) electrons. The second-order valence-electron chi connectivity index (χ2n) is 7.70. The van der Waals surface area contributed by atoms with E-state index in [1.807, 2.05) is 37.3 Å². The zero-order valence-corrected chi connectivity index (χ0v) is 17.5. The summed E-state index contributed by atoms with van der Waals surface area (Å²) >= 11 is 0. The molecule has 0 spiro atoms. The fraction of sp³-hybridized carbons (Fsp3) is 0.348. The third-order valence-corrected chi connectivity index (χ3v) is 5.53. The van der Waals surface area contributed by atoms with E-state index >= 15 is 0 Å². The third-order valence-electron chi connectivity index (χ3n) is 5.53. The molecule has 1 aliphatic heterocycles. The number of rotatable bonds is 5. The van der Waals surface area contributed by atoms with Gasteiger partial charge in [-0.3, -0.25) is 9.78 Å². The van der Waals surface area contributed by atoms with Crippen molar-refractivity contribution in [2.45, 2.75) is 32.2 Å². The first kappa shape index (κ1) is 21.0. The number of halogens is 2. The minimum atomic E-state index is -2.76. The van der Waals surface area contributed by atoms with Crippen molar-refractivity contribution in [3.05, 3.63) is 65.7 Å². The number of benzene rings is 1. The number of likely N-dealkylation sites (tertiary alicyclic amines) is 1. The summed E-state index contributed by atoms with van der Waals surface area (Å²) in [6, 6.07) is 13.3. The van der Waals surface area contributed by atoms with Crippen LogP contribution in [0.15, 0.2) is 48.7 Å². The highest BCUT2D eigenvalue weighted by atomic mass is 19.3. The standard InChI is InChI=1S/C23H24F2N4O2/c1-15-11-18(16-5-3-7-19(12-16)31-2)13-21(26-15)17-6-4-9-28(14-17)22(30)20-8-10-29(27-20)23(24)25/h3,5,7-8,10-13,17,23H,4,6,9,14H2,1-2H3. The minimum absolute atomic E-state index is 0.0372. The van der Waals surface area contributed by atoms with Crippen molar-refractivity contribution >= 4 is 5.91 Å². The van der Waals surface area contributed by atoms with E-state index < -0.39 is 6.55 Å². The Morgan fingerprint density at radius 1 is 1.19 bits per heavy atom. The fourth-order valence-electron chi connectivity index (χ4n) is 4.00. The summed E-state index contributed by atoms with van der Waals surface area (Å²) in [4.78, 5) is 19.2. The van der Waals surface area contributed by atoms with Crippen LogP contribution in [0.4, 0.5) is 8.78 Å². The molecule has 3 heterocycles. The van der Waals surface area contributed by atoms with E-state index in [1.54, 1.807) is 12.0 Å². The maximum absolute atomic E-state index is 12.8. The van der Waals surface area contributed by atoms with E-state index in [9.17, 15) is 13.6 Å². The lowest BCUT2D eigenvalue weighted by Gasteiger charge is -2.32. The average Bonchev–Trinajstić information content (AvgIpc) is 3.29. The number of nitrogens with zero attached hydrogens (tertiary/aromatic N) is 4. The van der Waals surface area contributed by atoms with Gasteiger partial charge in [-0.25, -0.2) is 4.68 Å². The highest BCUT2D eigenvalue weighted by Gasteiger charge is 2.28. The molecule has 1 aromatic carbocycles. The van der Waals surface area contributed by atoms with Crippen molar-refractivity contribution < 1.29 is 18.3 Å². The summed E-state index contributed by atoms with van der Waals surface area (Å²) in [6.07, 6.45) is 2.85. The average molecular weight is 426 g/mol. The summed E-state index contributed by atoms with van der Waals surface area (Å²) in [5.41, 5.74) is 3.94. The molecule has 31 heavy (non-hydrogen) atoms. The Hall–Kier alpha value is -3.29. The van der Waals surface area contributed by atoms with Gasteiger partial charge in [0.25, 0.3) is 5.91 Å². The Bertz CT molecular complexity index is 1080. The predicted molar refractivity (Wildman–Crippen MR) is 112 cm³/mol. The number of aromatic nitrogens is 3. The molecule has 162 valence electrons. The van der Waals surface area contributed by atoms with E-state index in [-0.39, 0.29) is 17.5 Å². The number of carbonyl (C=O) groups is 1. The molecule has 3 aromatic rings. The second-order valence-corrected chi connectivity index (χ2v) is 7.70. The first-order valence-corrected chi connectivity index (χ1v) is 10.2. The Kier molecular flexibility index (Phi) is 5.97. The molecular weight excluding hydrogens is 402 g/mol. The van der Waals surface area contributed by atoms with E-state index in [4.69, 9.17) is 9.72 Å². The van der Waals surface area contributed by atoms with Crippen molar-refractivity contribution in [1.29, 1.82) is 0 Å². The monoisotopic (exact) mass is 426 g/mol. The molecule has 0 aliphatic carbocycles. The van der Waals surface area contributed by atoms with Gasteiger partial charge in [-0.15, -0.1) is 0 Å². The zero-order chi connectivity index (χ0) is 22.0. The van der Waals surface area contributed by atoms with Crippen LogP contribution in [0.3, 0.4) is 0 Å². The highest BCUT2D eigenvalue weighted by Crippen LogP contribution is 2.31. The fourth-order valence-corrected chi connectivity index (χ4v) is 4.00. The van der Waals surface area contributed by atoms with Crippen LogP contribution in [0.2, 0.25) is 0 Å². The number of piperidine rings is 1. The van der Waals surface area contributed by atoms with Gasteiger partial charge in [0.15, 0.2) is 5.69 Å². The minimum Gasteiger partial charge on any atom is -0.497 e. The number of ether oxygens (including phenoxy) is 1. The van der Waals surface area contributed by atoms with Gasteiger partial charge in [0.2, 0.25) is 0 Å². The first-order valence-electron chi connectivity index (χ1n) is 10.2. The topological polar surface area (TPSA) is 60.2 Å². The van der Waals surface area contributed by atoms with Crippen LogP contribution in [-0.2, 0) is 0 Å². The van der Waals surface area contributed by atoms with Crippen LogP contribution >= 0.6 is 0 Å². The number of alkyl halides is 2. The molecule has 1 fully saturated rings. The smallest absolute Gasteiger partial charge is 0.333 e. The lowest BCUT2D eigenvalue weighted by atomic mass is 9.92. The van der Waals surface area contributed by atoms with Gasteiger partial charge >= 0.3 is 6.55 Å². The molecule has 0 bridgehead atoms. The van der Waals surface area contributed by atoms with Crippen molar-refractivity contribution in [3.63, 3.8) is 0 Å². The predicted octanol–water partition coefficient (Wildman–Crippen LogP) is 4.68. The number of carbonyl (C=O) groups excluding carboxylic acids is 1. The Morgan fingerprint density at radius 3 is 2.77 bits per heavy atom. The highest BCUT2D eigenvalue weighted by molar-refractivity contribution is 5.92. The van der Waals surface area contributed by atoms with Gasteiger partial charge in [0, 0.05) is 36.6 Å². The zero-order valence-electron chi connectivity index (χ0n) is 17.5. The summed E-state index contributed by atoms with van der Waals surface area (Å²) < 4.78 is 31.4. The molecule has 1 atom stereocenters.